The fraction of sp³-hybridized carbons (Fsp3) is 0.417. The molecule has 27 heavy (non-hydrogen) atoms. The van der Waals surface area contributed by atoms with Gasteiger partial charge in [0.05, 0.1) is 5.56 Å². The number of alkyl halides is 3. The third-order valence-corrected chi connectivity index (χ3v) is 3.40. The van der Waals surface area contributed by atoms with Crippen LogP contribution in [0.3, 0.4) is 0 Å². The molecular weight excluding hydrogens is 345 g/mol. The van der Waals surface area contributed by atoms with Gasteiger partial charge >= 0.3 is 6.18 Å². The van der Waals surface area contributed by atoms with E-state index in [0.29, 0.717) is 0 Å². The Morgan fingerprint density at radius 3 is 1.56 bits per heavy atom. The van der Waals surface area contributed by atoms with Crippen molar-refractivity contribution in [1.82, 2.24) is 0 Å². The van der Waals surface area contributed by atoms with E-state index >= 15 is 0 Å². The molecule has 0 amide bonds. The fourth-order valence-corrected chi connectivity index (χ4v) is 1.86. The average Bonchev–Trinajstić information content (AvgIpc) is 2.70. The summed E-state index contributed by atoms with van der Waals surface area (Å²) in [5, 5.41) is 0. The SMILES string of the molecule is CC.CC=CC.CCCc1ccccc1.CCc1ccc(C(F)(F)F)cc1. The van der Waals surface area contributed by atoms with Crippen molar-refractivity contribution in [2.24, 2.45) is 0 Å². The van der Waals surface area contributed by atoms with E-state index in [-0.39, 0.29) is 0 Å². The van der Waals surface area contributed by atoms with Gasteiger partial charge in [-0.05, 0) is 49.9 Å². The highest BCUT2D eigenvalue weighted by molar-refractivity contribution is 5.24. The van der Waals surface area contributed by atoms with Crippen LogP contribution >= 0.6 is 0 Å². The molecule has 0 aliphatic rings. The van der Waals surface area contributed by atoms with Crippen LogP contribution in [0.15, 0.2) is 66.7 Å². The van der Waals surface area contributed by atoms with E-state index in [1.165, 1.54) is 30.5 Å². The lowest BCUT2D eigenvalue weighted by Gasteiger charge is -2.06. The number of hydrogen-bond donors (Lipinski definition) is 0. The molecule has 2 aromatic rings. The Labute approximate surface area is 164 Å². The van der Waals surface area contributed by atoms with Crippen molar-refractivity contribution in [3.8, 4) is 0 Å². The molecule has 0 aliphatic carbocycles. The maximum absolute atomic E-state index is 12.0. The standard InChI is InChI=1S/C9H9F3.C9H12.C4H8.C2H6/c1-2-7-3-5-8(6-4-7)9(10,11)12;1-2-6-9-7-4-3-5-8-9;1-3-4-2;1-2/h3-6H,2H2,1H3;3-5,7-8H,2,6H2,1H3;3-4H,1-2H3;1-2H3. The van der Waals surface area contributed by atoms with E-state index in [1.807, 2.05) is 46.8 Å². The third-order valence-electron chi connectivity index (χ3n) is 3.40. The van der Waals surface area contributed by atoms with Crippen LogP contribution in [0.5, 0.6) is 0 Å². The van der Waals surface area contributed by atoms with E-state index < -0.39 is 11.7 Å². The summed E-state index contributed by atoms with van der Waals surface area (Å²) in [7, 11) is 0. The van der Waals surface area contributed by atoms with Crippen molar-refractivity contribution in [2.75, 3.05) is 0 Å². The molecule has 0 fully saturated rings. The topological polar surface area (TPSA) is 0 Å². The van der Waals surface area contributed by atoms with Gasteiger partial charge in [0.25, 0.3) is 0 Å². The highest BCUT2D eigenvalue weighted by Crippen LogP contribution is 2.29. The smallest absolute Gasteiger partial charge is 0.166 e. The second-order valence-electron chi connectivity index (χ2n) is 5.45. The van der Waals surface area contributed by atoms with Crippen LogP contribution in [0.25, 0.3) is 0 Å². The summed E-state index contributed by atoms with van der Waals surface area (Å²) in [6, 6.07) is 15.8. The predicted molar refractivity (Wildman–Crippen MR) is 113 cm³/mol. The Hall–Kier alpha value is -2.03. The first-order chi connectivity index (χ1) is 12.9. The molecule has 0 spiro atoms. The van der Waals surface area contributed by atoms with Gasteiger partial charge in [0.15, 0.2) is 0 Å². The molecule has 152 valence electrons. The van der Waals surface area contributed by atoms with Crippen molar-refractivity contribution in [3.05, 3.63) is 83.4 Å². The molecule has 0 unspecified atom stereocenters. The van der Waals surface area contributed by atoms with Gasteiger partial charge in [-0.3, -0.25) is 0 Å². The minimum absolute atomic E-state index is 0.584. The molecule has 0 nitrogen and oxygen atoms in total. The summed E-state index contributed by atoms with van der Waals surface area (Å²) >= 11 is 0. The van der Waals surface area contributed by atoms with Gasteiger partial charge in [0.2, 0.25) is 0 Å². The zero-order valence-corrected chi connectivity index (χ0v) is 17.6. The second-order valence-corrected chi connectivity index (χ2v) is 5.45. The third kappa shape index (κ3) is 14.8. The molecular formula is C24H35F3. The van der Waals surface area contributed by atoms with E-state index in [4.69, 9.17) is 0 Å². The molecule has 2 rings (SSSR count). The monoisotopic (exact) mass is 380 g/mol. The molecule has 3 heteroatoms. The molecule has 0 saturated heterocycles. The summed E-state index contributed by atoms with van der Waals surface area (Å²) in [5.41, 5.74) is 1.78. The second kappa shape index (κ2) is 17.4. The Balaban J connectivity index is 0. The van der Waals surface area contributed by atoms with Crippen LogP contribution in [-0.2, 0) is 19.0 Å². The normalized spacial score (nSPS) is 9.96. The van der Waals surface area contributed by atoms with Gasteiger partial charge in [0.1, 0.15) is 0 Å². The molecule has 0 aromatic heterocycles. The van der Waals surface area contributed by atoms with Gasteiger partial charge in [-0.15, -0.1) is 0 Å². The Morgan fingerprint density at radius 2 is 1.22 bits per heavy atom. The highest BCUT2D eigenvalue weighted by atomic mass is 19.4. The lowest BCUT2D eigenvalue weighted by atomic mass is 10.1. The first kappa shape index (κ1) is 27.2. The first-order valence-corrected chi connectivity index (χ1v) is 9.66. The summed E-state index contributed by atoms with van der Waals surface area (Å²) < 4.78 is 36.1. The molecule has 2 aromatic carbocycles. The quantitative estimate of drug-likeness (QED) is 0.468. The summed E-state index contributed by atoms with van der Waals surface area (Å²) in [5.74, 6) is 0. The average molecular weight is 381 g/mol. The van der Waals surface area contributed by atoms with E-state index in [9.17, 15) is 13.2 Å². The number of halogens is 3. The minimum atomic E-state index is -4.22. The van der Waals surface area contributed by atoms with E-state index in [2.05, 4.69) is 37.3 Å². The van der Waals surface area contributed by atoms with Crippen molar-refractivity contribution in [3.63, 3.8) is 0 Å². The summed E-state index contributed by atoms with van der Waals surface area (Å²) in [4.78, 5) is 0. The lowest BCUT2D eigenvalue weighted by Crippen LogP contribution is -2.04. The van der Waals surface area contributed by atoms with Crippen molar-refractivity contribution >= 4 is 0 Å². The fourth-order valence-electron chi connectivity index (χ4n) is 1.86. The largest absolute Gasteiger partial charge is 0.416 e. The summed E-state index contributed by atoms with van der Waals surface area (Å²) in [6.07, 6.45) is 3.00. The van der Waals surface area contributed by atoms with Gasteiger partial charge in [-0.25, -0.2) is 0 Å². The van der Waals surface area contributed by atoms with Crippen LogP contribution in [0.4, 0.5) is 13.2 Å². The van der Waals surface area contributed by atoms with Gasteiger partial charge in [-0.2, -0.15) is 13.2 Å². The number of benzene rings is 2. The molecule has 0 aliphatic heterocycles. The van der Waals surface area contributed by atoms with E-state index in [1.54, 1.807) is 0 Å². The Bertz CT molecular complexity index is 563. The zero-order chi connectivity index (χ0) is 21.1. The van der Waals surface area contributed by atoms with Crippen LogP contribution in [0.1, 0.15) is 64.7 Å². The van der Waals surface area contributed by atoms with E-state index in [0.717, 1.165) is 24.1 Å². The number of rotatable bonds is 3. The summed E-state index contributed by atoms with van der Waals surface area (Å²) in [6.45, 7) is 12.1. The molecule has 0 atom stereocenters. The predicted octanol–water partition coefficient (Wildman–Crippen LogP) is 8.52. The molecule has 0 bridgehead atoms. The zero-order valence-electron chi connectivity index (χ0n) is 17.6. The highest BCUT2D eigenvalue weighted by Gasteiger charge is 2.29. The van der Waals surface area contributed by atoms with Gasteiger partial charge in [-0.1, -0.05) is 88.7 Å². The number of aryl methyl sites for hydroxylation is 2. The van der Waals surface area contributed by atoms with Gasteiger partial charge in [0, 0.05) is 0 Å². The Morgan fingerprint density at radius 1 is 0.741 bits per heavy atom. The van der Waals surface area contributed by atoms with Gasteiger partial charge < -0.3 is 0 Å². The maximum Gasteiger partial charge on any atom is 0.416 e. The molecule has 0 N–H and O–H groups in total. The number of allylic oxidation sites excluding steroid dienone is 2. The molecule has 0 radical (unpaired) electrons. The lowest BCUT2D eigenvalue weighted by molar-refractivity contribution is -0.137. The van der Waals surface area contributed by atoms with Crippen LogP contribution in [-0.4, -0.2) is 0 Å². The minimum Gasteiger partial charge on any atom is -0.166 e. The van der Waals surface area contributed by atoms with Crippen molar-refractivity contribution in [2.45, 2.75) is 67.0 Å². The van der Waals surface area contributed by atoms with Crippen molar-refractivity contribution in [1.29, 1.82) is 0 Å². The maximum atomic E-state index is 12.0. The van der Waals surface area contributed by atoms with Crippen LogP contribution < -0.4 is 0 Å². The molecule has 0 heterocycles. The number of hydrogen-bond acceptors (Lipinski definition) is 0. The Kier molecular flexibility index (Phi) is 17.5. The molecule has 0 saturated carbocycles. The first-order valence-electron chi connectivity index (χ1n) is 9.66. The van der Waals surface area contributed by atoms with Crippen molar-refractivity contribution < 1.29 is 13.2 Å². The van der Waals surface area contributed by atoms with Crippen LogP contribution in [0.2, 0.25) is 0 Å². The van der Waals surface area contributed by atoms with Crippen LogP contribution in [0, 0.1) is 0 Å².